The number of hydrogen-bond donors (Lipinski definition) is 3. The highest BCUT2D eigenvalue weighted by molar-refractivity contribution is 5.79. The molecule has 0 radical (unpaired) electrons. The van der Waals surface area contributed by atoms with Crippen LogP contribution in [0.4, 0.5) is 0 Å². The van der Waals surface area contributed by atoms with E-state index in [1.807, 2.05) is 0 Å². The quantitative estimate of drug-likeness (QED) is 0.382. The average molecular weight is 132 g/mol. The fourth-order valence-corrected chi connectivity index (χ4v) is 0.400. The molecule has 9 heavy (non-hydrogen) atoms. The maximum atomic E-state index is 10.1. The van der Waals surface area contributed by atoms with Gasteiger partial charge in [-0.1, -0.05) is 0 Å². The van der Waals surface area contributed by atoms with Crippen LogP contribution >= 0.6 is 0 Å². The van der Waals surface area contributed by atoms with E-state index in [1.54, 1.807) is 6.92 Å². The zero-order chi connectivity index (χ0) is 7.11. The normalized spacial score (nSPS) is 16.0. The van der Waals surface area contributed by atoms with Gasteiger partial charge in [-0.25, -0.2) is 0 Å². The summed E-state index contributed by atoms with van der Waals surface area (Å²) in [5.74, 6) is 0.0926. The highest BCUT2D eigenvalue weighted by Gasteiger charge is 2.03. The van der Waals surface area contributed by atoms with Crippen LogP contribution in [0.15, 0.2) is 0 Å². The Bertz CT molecular complexity index is 77.0. The first-order valence-corrected chi connectivity index (χ1v) is 2.89. The molecule has 0 aromatic rings. The lowest BCUT2D eigenvalue weighted by Gasteiger charge is -1.78. The van der Waals surface area contributed by atoms with E-state index in [-0.39, 0.29) is 12.5 Å². The van der Waals surface area contributed by atoms with Gasteiger partial charge in [-0.3, -0.25) is 10.1 Å². The maximum absolute atomic E-state index is 10.1. The van der Waals surface area contributed by atoms with Crippen LogP contribution in [0, 0.1) is 0 Å². The van der Waals surface area contributed by atoms with Crippen LogP contribution in [0.1, 0.15) is 6.92 Å². The van der Waals surface area contributed by atoms with Crippen molar-refractivity contribution in [3.8, 4) is 0 Å². The molecule has 1 aliphatic rings. The summed E-state index contributed by atoms with van der Waals surface area (Å²) in [7, 11) is 0. The van der Waals surface area contributed by atoms with Gasteiger partial charge in [-0.2, -0.15) is 0 Å². The largest absolute Gasteiger partial charge is 0.397 e. The van der Waals surface area contributed by atoms with E-state index in [0.29, 0.717) is 13.2 Å². The minimum atomic E-state index is 0.0926. The highest BCUT2D eigenvalue weighted by Crippen LogP contribution is 1.67. The summed E-state index contributed by atoms with van der Waals surface area (Å²) in [4.78, 5) is 10.1. The van der Waals surface area contributed by atoms with Crippen molar-refractivity contribution >= 4 is 5.91 Å². The summed E-state index contributed by atoms with van der Waals surface area (Å²) in [6.45, 7) is 3.05. The second kappa shape index (κ2) is 5.53. The van der Waals surface area contributed by atoms with Crippen molar-refractivity contribution in [2.75, 3.05) is 19.8 Å². The Morgan fingerprint density at radius 3 is 2.44 bits per heavy atom. The molecule has 3 N–H and O–H groups in total. The minimum absolute atomic E-state index is 0.0926. The lowest BCUT2D eigenvalue weighted by atomic mass is 10.7. The van der Waals surface area contributed by atoms with Gasteiger partial charge in [0.25, 0.3) is 0 Å². The van der Waals surface area contributed by atoms with Gasteiger partial charge in [0.1, 0.15) is 0 Å². The standard InChI is InChI=1S/C3H6N2O.C2H6O/c6-3-1-4-2-5-3;1-2-3/h4H,1-2H2,(H,5,6);3H,2H2,1H3. The fraction of sp³-hybridized carbons (Fsp3) is 0.800. The van der Waals surface area contributed by atoms with Crippen LogP contribution in [0.3, 0.4) is 0 Å². The molecule has 1 fully saturated rings. The molecule has 0 unspecified atom stereocenters. The first-order chi connectivity index (χ1) is 4.31. The molecule has 4 heteroatoms. The number of carbonyl (C=O) groups is 1. The van der Waals surface area contributed by atoms with Gasteiger partial charge in [0.05, 0.1) is 13.2 Å². The summed E-state index contributed by atoms with van der Waals surface area (Å²) in [5, 5.41) is 13.0. The Balaban J connectivity index is 0.000000187. The summed E-state index contributed by atoms with van der Waals surface area (Å²) >= 11 is 0. The molecule has 0 aliphatic carbocycles. The molecular weight excluding hydrogens is 120 g/mol. The Morgan fingerprint density at radius 1 is 1.78 bits per heavy atom. The smallest absolute Gasteiger partial charge is 0.235 e. The van der Waals surface area contributed by atoms with Crippen LogP contribution in [-0.2, 0) is 4.79 Å². The number of carbonyl (C=O) groups excluding carboxylic acids is 1. The first-order valence-electron chi connectivity index (χ1n) is 2.89. The topological polar surface area (TPSA) is 61.4 Å². The maximum Gasteiger partial charge on any atom is 0.235 e. The van der Waals surface area contributed by atoms with Crippen LogP contribution in [0.2, 0.25) is 0 Å². The van der Waals surface area contributed by atoms with Crippen LogP contribution in [-0.4, -0.2) is 30.8 Å². The van der Waals surface area contributed by atoms with Gasteiger partial charge < -0.3 is 10.4 Å². The zero-order valence-electron chi connectivity index (χ0n) is 5.48. The Morgan fingerprint density at radius 2 is 2.33 bits per heavy atom. The Labute approximate surface area is 54.3 Å². The predicted molar refractivity (Wildman–Crippen MR) is 33.8 cm³/mol. The molecule has 1 heterocycles. The zero-order valence-corrected chi connectivity index (χ0v) is 5.48. The molecule has 0 aromatic heterocycles. The van der Waals surface area contributed by atoms with Crippen molar-refractivity contribution in [2.45, 2.75) is 6.92 Å². The highest BCUT2D eigenvalue weighted by atomic mass is 16.2. The van der Waals surface area contributed by atoms with Crippen molar-refractivity contribution < 1.29 is 9.90 Å². The van der Waals surface area contributed by atoms with E-state index < -0.39 is 0 Å². The third-order valence-electron chi connectivity index (χ3n) is 0.696. The lowest BCUT2D eigenvalue weighted by Crippen LogP contribution is -2.14. The summed E-state index contributed by atoms with van der Waals surface area (Å²) < 4.78 is 0. The van der Waals surface area contributed by atoms with E-state index in [2.05, 4.69) is 10.6 Å². The number of rotatable bonds is 0. The van der Waals surface area contributed by atoms with Crippen molar-refractivity contribution in [1.82, 2.24) is 10.6 Å². The minimum Gasteiger partial charge on any atom is -0.397 e. The lowest BCUT2D eigenvalue weighted by molar-refractivity contribution is -0.118. The SMILES string of the molecule is CCO.O=C1CNCN1. The molecule has 1 amide bonds. The monoisotopic (exact) mass is 132 g/mol. The molecule has 54 valence electrons. The van der Waals surface area contributed by atoms with Crippen molar-refractivity contribution in [3.05, 3.63) is 0 Å². The van der Waals surface area contributed by atoms with Gasteiger partial charge in [0.2, 0.25) is 5.91 Å². The molecule has 0 bridgehead atoms. The van der Waals surface area contributed by atoms with Crippen LogP contribution < -0.4 is 10.6 Å². The average Bonchev–Trinajstić information content (AvgIpc) is 2.20. The number of hydrogen-bond acceptors (Lipinski definition) is 3. The molecule has 1 saturated heterocycles. The van der Waals surface area contributed by atoms with Crippen LogP contribution in [0.25, 0.3) is 0 Å². The fourth-order valence-electron chi connectivity index (χ4n) is 0.400. The molecule has 0 aromatic carbocycles. The molecule has 4 nitrogen and oxygen atoms in total. The van der Waals surface area contributed by atoms with Gasteiger partial charge in [0, 0.05) is 6.61 Å². The van der Waals surface area contributed by atoms with E-state index in [0.717, 1.165) is 0 Å². The Kier molecular flexibility index (Phi) is 5.15. The summed E-state index contributed by atoms with van der Waals surface area (Å²) in [6.07, 6.45) is 0. The first kappa shape index (κ1) is 8.39. The number of aliphatic hydroxyl groups excluding tert-OH is 1. The van der Waals surface area contributed by atoms with Gasteiger partial charge >= 0.3 is 0 Å². The second-order valence-corrected chi connectivity index (χ2v) is 1.52. The molecular formula is C5H12N2O2. The molecule has 0 spiro atoms. The van der Waals surface area contributed by atoms with E-state index in [1.165, 1.54) is 0 Å². The van der Waals surface area contributed by atoms with Gasteiger partial charge in [-0.05, 0) is 6.92 Å². The van der Waals surface area contributed by atoms with Crippen LogP contribution in [0.5, 0.6) is 0 Å². The predicted octanol–water partition coefficient (Wildman–Crippen LogP) is -1.34. The summed E-state index contributed by atoms with van der Waals surface area (Å²) in [5.41, 5.74) is 0. The molecule has 0 saturated carbocycles. The van der Waals surface area contributed by atoms with E-state index >= 15 is 0 Å². The Hall–Kier alpha value is -0.610. The second-order valence-electron chi connectivity index (χ2n) is 1.52. The van der Waals surface area contributed by atoms with Gasteiger partial charge in [0.15, 0.2) is 0 Å². The third kappa shape index (κ3) is 5.26. The number of amides is 1. The van der Waals surface area contributed by atoms with Crippen molar-refractivity contribution in [2.24, 2.45) is 0 Å². The number of aliphatic hydroxyl groups is 1. The number of nitrogens with one attached hydrogen (secondary N) is 2. The molecule has 0 atom stereocenters. The molecule has 1 rings (SSSR count). The summed E-state index contributed by atoms with van der Waals surface area (Å²) in [6, 6.07) is 0. The van der Waals surface area contributed by atoms with Crippen molar-refractivity contribution in [1.29, 1.82) is 0 Å². The van der Waals surface area contributed by atoms with E-state index in [4.69, 9.17) is 5.11 Å². The van der Waals surface area contributed by atoms with Gasteiger partial charge in [-0.15, -0.1) is 0 Å². The van der Waals surface area contributed by atoms with Crippen molar-refractivity contribution in [3.63, 3.8) is 0 Å². The third-order valence-corrected chi connectivity index (χ3v) is 0.696. The van der Waals surface area contributed by atoms with E-state index in [9.17, 15) is 4.79 Å². The molecule has 1 aliphatic heterocycles.